The number of imide groups is 1. The summed E-state index contributed by atoms with van der Waals surface area (Å²) < 4.78 is 0. The summed E-state index contributed by atoms with van der Waals surface area (Å²) in [6, 6.07) is 19.5. The molecule has 2 heterocycles. The number of carbonyl (C=O) groups is 3. The number of hydrogen-bond acceptors (Lipinski definition) is 4. The van der Waals surface area contributed by atoms with E-state index in [1.165, 1.54) is 4.90 Å². The fourth-order valence-corrected chi connectivity index (χ4v) is 4.59. The fraction of sp³-hybridized carbons (Fsp3) is 0.375. The minimum atomic E-state index is -0.432. The van der Waals surface area contributed by atoms with Crippen LogP contribution in [0.2, 0.25) is 0 Å². The number of hydrogen-bond donors (Lipinski definition) is 1. The molecule has 6 heteroatoms. The highest BCUT2D eigenvalue weighted by Gasteiger charge is 2.43. The van der Waals surface area contributed by atoms with Crippen molar-refractivity contribution in [1.29, 1.82) is 0 Å². The second kappa shape index (κ2) is 8.79. The summed E-state index contributed by atoms with van der Waals surface area (Å²) in [5, 5.41) is 0. The number of primary amides is 1. The molecule has 6 nitrogen and oxygen atoms in total. The van der Waals surface area contributed by atoms with Crippen LogP contribution >= 0.6 is 0 Å². The minimum Gasteiger partial charge on any atom is -0.369 e. The van der Waals surface area contributed by atoms with E-state index in [0.717, 1.165) is 11.1 Å². The summed E-state index contributed by atoms with van der Waals surface area (Å²) >= 11 is 0. The van der Waals surface area contributed by atoms with Gasteiger partial charge in [0.1, 0.15) is 0 Å². The van der Waals surface area contributed by atoms with Crippen molar-refractivity contribution < 1.29 is 14.4 Å². The summed E-state index contributed by atoms with van der Waals surface area (Å²) in [7, 11) is 0. The number of nitrogens with two attached hydrogens (primary N) is 1. The van der Waals surface area contributed by atoms with Gasteiger partial charge in [-0.05, 0) is 37.1 Å². The molecule has 2 aliphatic heterocycles. The highest BCUT2D eigenvalue weighted by Crippen LogP contribution is 2.30. The molecular weight excluding hydrogens is 378 g/mol. The lowest BCUT2D eigenvalue weighted by Crippen LogP contribution is -2.47. The molecule has 2 N–H and O–H groups in total. The van der Waals surface area contributed by atoms with E-state index in [0.29, 0.717) is 32.5 Å². The van der Waals surface area contributed by atoms with Crippen molar-refractivity contribution in [1.82, 2.24) is 9.80 Å². The minimum absolute atomic E-state index is 0.0698. The van der Waals surface area contributed by atoms with Gasteiger partial charge in [0, 0.05) is 18.4 Å². The van der Waals surface area contributed by atoms with Gasteiger partial charge in [-0.3, -0.25) is 24.2 Å². The van der Waals surface area contributed by atoms with E-state index in [-0.39, 0.29) is 36.0 Å². The van der Waals surface area contributed by atoms with Gasteiger partial charge in [0.15, 0.2) is 0 Å². The van der Waals surface area contributed by atoms with Gasteiger partial charge >= 0.3 is 0 Å². The van der Waals surface area contributed by atoms with E-state index in [1.807, 2.05) is 65.6 Å². The van der Waals surface area contributed by atoms with Crippen LogP contribution in [0.4, 0.5) is 0 Å². The van der Waals surface area contributed by atoms with E-state index in [1.54, 1.807) is 0 Å². The summed E-state index contributed by atoms with van der Waals surface area (Å²) in [5.41, 5.74) is 7.57. The average molecular weight is 405 g/mol. The predicted octanol–water partition coefficient (Wildman–Crippen LogP) is 2.14. The van der Waals surface area contributed by atoms with Crippen LogP contribution in [0.15, 0.2) is 60.7 Å². The first kappa shape index (κ1) is 20.3. The smallest absolute Gasteiger partial charge is 0.247 e. The summed E-state index contributed by atoms with van der Waals surface area (Å²) in [6.45, 7) is 1.57. The van der Waals surface area contributed by atoms with Crippen LogP contribution in [0.25, 0.3) is 0 Å². The zero-order valence-corrected chi connectivity index (χ0v) is 16.9. The van der Waals surface area contributed by atoms with E-state index in [2.05, 4.69) is 0 Å². The maximum absolute atomic E-state index is 13.2. The molecule has 3 amide bonds. The molecule has 2 saturated heterocycles. The Balaban J connectivity index is 1.51. The van der Waals surface area contributed by atoms with E-state index >= 15 is 0 Å². The molecule has 2 fully saturated rings. The van der Waals surface area contributed by atoms with Crippen LogP contribution in [0.3, 0.4) is 0 Å². The van der Waals surface area contributed by atoms with Crippen molar-refractivity contribution >= 4 is 17.7 Å². The van der Waals surface area contributed by atoms with E-state index in [4.69, 9.17) is 5.73 Å². The molecule has 0 aromatic heterocycles. The highest BCUT2D eigenvalue weighted by molar-refractivity contribution is 6.05. The monoisotopic (exact) mass is 405 g/mol. The predicted molar refractivity (Wildman–Crippen MR) is 113 cm³/mol. The van der Waals surface area contributed by atoms with Gasteiger partial charge in [-0.2, -0.15) is 0 Å². The number of nitrogens with zero attached hydrogens (tertiary/aromatic N) is 2. The van der Waals surface area contributed by atoms with Gasteiger partial charge in [0.2, 0.25) is 17.7 Å². The third-order valence-corrected chi connectivity index (χ3v) is 6.36. The standard InChI is InChI=1S/C24H27N3O3/c25-23(29)19-11-13-26(14-12-19)21-15-22(28)27(24(21)30)16-20(17-7-3-1-4-8-17)18-9-5-2-6-10-18/h1-10,19-21H,11-16H2,(H2,25,29)/t21-/m1/s1. The molecule has 0 aliphatic carbocycles. The lowest BCUT2D eigenvalue weighted by atomic mass is 9.91. The maximum Gasteiger partial charge on any atom is 0.247 e. The Morgan fingerprint density at radius 3 is 1.97 bits per heavy atom. The first-order valence-corrected chi connectivity index (χ1v) is 10.5. The van der Waals surface area contributed by atoms with E-state index in [9.17, 15) is 14.4 Å². The first-order chi connectivity index (χ1) is 14.5. The molecule has 2 aliphatic rings. The molecule has 0 saturated carbocycles. The Morgan fingerprint density at radius 2 is 1.47 bits per heavy atom. The maximum atomic E-state index is 13.2. The van der Waals surface area contributed by atoms with Crippen LogP contribution in [0.1, 0.15) is 36.3 Å². The van der Waals surface area contributed by atoms with Crippen molar-refractivity contribution in [3.8, 4) is 0 Å². The fourth-order valence-electron chi connectivity index (χ4n) is 4.59. The number of benzene rings is 2. The Labute approximate surface area is 176 Å². The van der Waals surface area contributed by atoms with Crippen LogP contribution in [-0.4, -0.2) is 53.2 Å². The second-order valence-corrected chi connectivity index (χ2v) is 8.15. The van der Waals surface area contributed by atoms with E-state index < -0.39 is 6.04 Å². The number of rotatable bonds is 6. The van der Waals surface area contributed by atoms with Gasteiger partial charge in [0.25, 0.3) is 0 Å². The summed E-state index contributed by atoms with van der Waals surface area (Å²) in [4.78, 5) is 40.9. The van der Waals surface area contributed by atoms with Crippen molar-refractivity contribution in [2.75, 3.05) is 19.6 Å². The normalized spacial score (nSPS) is 20.8. The molecule has 2 aromatic rings. The third-order valence-electron chi connectivity index (χ3n) is 6.36. The molecule has 0 bridgehead atoms. The number of likely N-dealkylation sites (tertiary alicyclic amines) is 2. The topological polar surface area (TPSA) is 83.7 Å². The van der Waals surface area contributed by atoms with Crippen LogP contribution < -0.4 is 5.73 Å². The number of carbonyl (C=O) groups excluding carboxylic acids is 3. The van der Waals surface area contributed by atoms with Crippen molar-refractivity contribution in [3.05, 3.63) is 71.8 Å². The molecule has 156 valence electrons. The summed E-state index contributed by atoms with van der Waals surface area (Å²) in [5.74, 6) is -0.739. The Hall–Kier alpha value is -2.99. The zero-order valence-electron chi connectivity index (χ0n) is 16.9. The molecular formula is C24H27N3O3. The lowest BCUT2D eigenvalue weighted by Gasteiger charge is -2.33. The van der Waals surface area contributed by atoms with Gasteiger partial charge in [-0.25, -0.2) is 0 Å². The molecule has 0 spiro atoms. The molecule has 2 aromatic carbocycles. The van der Waals surface area contributed by atoms with Crippen LogP contribution in [-0.2, 0) is 14.4 Å². The largest absolute Gasteiger partial charge is 0.369 e. The SMILES string of the molecule is NC(=O)C1CCN([C@@H]2CC(=O)N(CC(c3ccccc3)c3ccccc3)C2=O)CC1. The third kappa shape index (κ3) is 4.14. The van der Waals surface area contributed by atoms with Gasteiger partial charge in [0.05, 0.1) is 12.5 Å². The molecule has 30 heavy (non-hydrogen) atoms. The Kier molecular flexibility index (Phi) is 5.95. The second-order valence-electron chi connectivity index (χ2n) is 8.15. The first-order valence-electron chi connectivity index (χ1n) is 10.5. The Bertz CT molecular complexity index is 868. The van der Waals surface area contributed by atoms with Gasteiger partial charge in [-0.1, -0.05) is 60.7 Å². The van der Waals surface area contributed by atoms with Crippen molar-refractivity contribution in [2.24, 2.45) is 11.7 Å². The van der Waals surface area contributed by atoms with Crippen LogP contribution in [0.5, 0.6) is 0 Å². The molecule has 4 rings (SSSR count). The summed E-state index contributed by atoms with van der Waals surface area (Å²) in [6.07, 6.45) is 1.49. The zero-order chi connectivity index (χ0) is 21.1. The van der Waals surface area contributed by atoms with Crippen molar-refractivity contribution in [2.45, 2.75) is 31.2 Å². The quantitative estimate of drug-likeness (QED) is 0.747. The van der Waals surface area contributed by atoms with Gasteiger partial charge < -0.3 is 5.73 Å². The molecule has 1 atom stereocenters. The number of amides is 3. The number of piperidine rings is 1. The highest BCUT2D eigenvalue weighted by atomic mass is 16.2. The van der Waals surface area contributed by atoms with Crippen LogP contribution in [0, 0.1) is 5.92 Å². The van der Waals surface area contributed by atoms with Crippen molar-refractivity contribution in [3.63, 3.8) is 0 Å². The molecule has 0 radical (unpaired) electrons. The lowest BCUT2D eigenvalue weighted by molar-refractivity contribution is -0.140. The average Bonchev–Trinajstić information content (AvgIpc) is 3.06. The van der Waals surface area contributed by atoms with Gasteiger partial charge in [-0.15, -0.1) is 0 Å². The molecule has 0 unspecified atom stereocenters. The Morgan fingerprint density at radius 1 is 0.933 bits per heavy atom.